The Hall–Kier alpha value is -2.41. The molecule has 0 radical (unpaired) electrons. The summed E-state index contributed by atoms with van der Waals surface area (Å²) in [6.07, 6.45) is 5.35. The van der Waals surface area contributed by atoms with Gasteiger partial charge in [0.15, 0.2) is 0 Å². The minimum atomic E-state index is -0.638. The highest BCUT2D eigenvalue weighted by molar-refractivity contribution is 7.99. The molecule has 1 N–H and O–H groups in total. The fraction of sp³-hybridized carbons (Fsp3) is 0.440. The van der Waals surface area contributed by atoms with Gasteiger partial charge in [-0.2, -0.15) is 0 Å². The molecule has 0 heterocycles. The van der Waals surface area contributed by atoms with E-state index in [1.807, 2.05) is 0 Å². The first-order chi connectivity index (χ1) is 15.4. The number of halogens is 2. The summed E-state index contributed by atoms with van der Waals surface area (Å²) < 4.78 is 26.4. The summed E-state index contributed by atoms with van der Waals surface area (Å²) >= 11 is 1.42. The van der Waals surface area contributed by atoms with E-state index in [1.165, 1.54) is 42.4 Å². The van der Waals surface area contributed by atoms with Crippen molar-refractivity contribution in [3.63, 3.8) is 0 Å². The van der Waals surface area contributed by atoms with Gasteiger partial charge in [0.05, 0.1) is 5.75 Å². The second-order valence-corrected chi connectivity index (χ2v) is 9.27. The van der Waals surface area contributed by atoms with Gasteiger partial charge >= 0.3 is 0 Å². The average molecular weight is 461 g/mol. The Morgan fingerprint density at radius 1 is 0.969 bits per heavy atom. The third-order valence-corrected chi connectivity index (χ3v) is 6.78. The summed E-state index contributed by atoms with van der Waals surface area (Å²) in [6.45, 7) is 1.97. The molecule has 0 aromatic heterocycles. The van der Waals surface area contributed by atoms with Gasteiger partial charge in [-0.25, -0.2) is 8.78 Å². The van der Waals surface area contributed by atoms with Crippen LogP contribution in [0.15, 0.2) is 48.5 Å². The lowest BCUT2D eigenvalue weighted by molar-refractivity contribution is -0.139. The third-order valence-electron chi connectivity index (χ3n) is 5.79. The van der Waals surface area contributed by atoms with Gasteiger partial charge in [-0.1, -0.05) is 43.5 Å². The first-order valence-electron chi connectivity index (χ1n) is 11.1. The van der Waals surface area contributed by atoms with Crippen molar-refractivity contribution in [2.45, 2.75) is 63.4 Å². The molecule has 1 unspecified atom stereocenters. The van der Waals surface area contributed by atoms with Crippen LogP contribution in [0.25, 0.3) is 0 Å². The van der Waals surface area contributed by atoms with Crippen molar-refractivity contribution in [1.82, 2.24) is 10.2 Å². The van der Waals surface area contributed by atoms with E-state index in [0.717, 1.165) is 36.8 Å². The molecule has 7 heteroatoms. The number of thioether (sulfide) groups is 1. The predicted molar refractivity (Wildman–Crippen MR) is 124 cm³/mol. The topological polar surface area (TPSA) is 49.4 Å². The van der Waals surface area contributed by atoms with E-state index in [-0.39, 0.29) is 41.8 Å². The predicted octanol–water partition coefficient (Wildman–Crippen LogP) is 5.06. The van der Waals surface area contributed by atoms with Crippen molar-refractivity contribution >= 4 is 23.6 Å². The maximum atomic E-state index is 13.3. The monoisotopic (exact) mass is 460 g/mol. The highest BCUT2D eigenvalue weighted by Crippen LogP contribution is 2.19. The van der Waals surface area contributed by atoms with Crippen LogP contribution in [0.5, 0.6) is 0 Å². The van der Waals surface area contributed by atoms with Crippen LogP contribution < -0.4 is 5.32 Å². The van der Waals surface area contributed by atoms with Crippen molar-refractivity contribution < 1.29 is 18.4 Å². The summed E-state index contributed by atoms with van der Waals surface area (Å²) in [4.78, 5) is 27.6. The quantitative estimate of drug-likeness (QED) is 0.569. The lowest BCUT2D eigenvalue weighted by Gasteiger charge is -2.31. The lowest BCUT2D eigenvalue weighted by atomic mass is 9.95. The van der Waals surface area contributed by atoms with Gasteiger partial charge in [0.25, 0.3) is 0 Å². The fourth-order valence-corrected chi connectivity index (χ4v) is 4.73. The van der Waals surface area contributed by atoms with Gasteiger partial charge in [-0.3, -0.25) is 9.59 Å². The molecule has 2 aromatic carbocycles. The number of rotatable bonds is 9. The standard InChI is InChI=1S/C25H30F2N2O2S/c1-18(25(31)28-23-5-3-2-4-6-23)29(15-19-7-11-21(26)12-8-19)24(30)17-32-16-20-9-13-22(27)14-10-20/h7-14,18,23H,2-6,15-17H2,1H3,(H,28,31). The highest BCUT2D eigenvalue weighted by atomic mass is 32.2. The van der Waals surface area contributed by atoms with Crippen molar-refractivity contribution in [3.8, 4) is 0 Å². The van der Waals surface area contributed by atoms with E-state index < -0.39 is 6.04 Å². The number of hydrogen-bond acceptors (Lipinski definition) is 3. The van der Waals surface area contributed by atoms with Crippen LogP contribution in [0.2, 0.25) is 0 Å². The molecule has 0 spiro atoms. The first-order valence-corrected chi connectivity index (χ1v) is 12.2. The van der Waals surface area contributed by atoms with E-state index in [2.05, 4.69) is 5.32 Å². The van der Waals surface area contributed by atoms with Crippen LogP contribution in [0.1, 0.15) is 50.2 Å². The summed E-state index contributed by atoms with van der Waals surface area (Å²) in [7, 11) is 0. The lowest BCUT2D eigenvalue weighted by Crippen LogP contribution is -2.50. The van der Waals surface area contributed by atoms with Gasteiger partial charge in [0.2, 0.25) is 11.8 Å². The molecule has 0 aliphatic heterocycles. The van der Waals surface area contributed by atoms with Crippen LogP contribution in [0, 0.1) is 11.6 Å². The molecule has 2 amide bonds. The molecule has 3 rings (SSSR count). The zero-order valence-corrected chi connectivity index (χ0v) is 19.2. The number of amides is 2. The molecule has 0 bridgehead atoms. The minimum absolute atomic E-state index is 0.157. The normalized spacial score (nSPS) is 15.2. The molecule has 1 aliphatic rings. The fourth-order valence-electron chi connectivity index (χ4n) is 3.86. The molecule has 32 heavy (non-hydrogen) atoms. The Balaban J connectivity index is 1.64. The molecular weight excluding hydrogens is 430 g/mol. The first kappa shape index (κ1) is 24.2. The Labute approximate surface area is 192 Å². The van der Waals surface area contributed by atoms with Crippen LogP contribution in [-0.4, -0.2) is 34.6 Å². The summed E-state index contributed by atoms with van der Waals surface area (Å²) in [6, 6.07) is 11.7. The van der Waals surface area contributed by atoms with Crippen LogP contribution in [0.4, 0.5) is 8.78 Å². The van der Waals surface area contributed by atoms with Crippen LogP contribution in [0.3, 0.4) is 0 Å². The second kappa shape index (κ2) is 12.0. The summed E-state index contributed by atoms with van der Waals surface area (Å²) in [5.74, 6) is -0.190. The number of nitrogens with zero attached hydrogens (tertiary/aromatic N) is 1. The van der Waals surface area contributed by atoms with Gasteiger partial charge in [-0.15, -0.1) is 11.8 Å². The molecule has 172 valence electrons. The van der Waals surface area contributed by atoms with Gasteiger partial charge in [-0.05, 0) is 55.2 Å². The van der Waals surface area contributed by atoms with Gasteiger partial charge in [0, 0.05) is 18.3 Å². The van der Waals surface area contributed by atoms with Crippen molar-refractivity contribution in [2.24, 2.45) is 0 Å². The zero-order valence-electron chi connectivity index (χ0n) is 18.4. The minimum Gasteiger partial charge on any atom is -0.352 e. The largest absolute Gasteiger partial charge is 0.352 e. The van der Waals surface area contributed by atoms with E-state index in [9.17, 15) is 18.4 Å². The Bertz CT molecular complexity index is 884. The van der Waals surface area contributed by atoms with E-state index >= 15 is 0 Å². The number of carbonyl (C=O) groups is 2. The zero-order chi connectivity index (χ0) is 22.9. The number of carbonyl (C=O) groups excluding carboxylic acids is 2. The maximum Gasteiger partial charge on any atom is 0.242 e. The number of nitrogens with one attached hydrogen (secondary N) is 1. The van der Waals surface area contributed by atoms with E-state index in [0.29, 0.717) is 5.75 Å². The summed E-state index contributed by atoms with van der Waals surface area (Å²) in [5, 5.41) is 3.10. The Morgan fingerprint density at radius 3 is 2.12 bits per heavy atom. The number of hydrogen-bond donors (Lipinski definition) is 1. The van der Waals surface area contributed by atoms with Crippen molar-refractivity contribution in [1.29, 1.82) is 0 Å². The third kappa shape index (κ3) is 7.33. The molecule has 4 nitrogen and oxygen atoms in total. The average Bonchev–Trinajstić information content (AvgIpc) is 2.80. The summed E-state index contributed by atoms with van der Waals surface area (Å²) in [5.41, 5.74) is 1.69. The van der Waals surface area contributed by atoms with Crippen LogP contribution >= 0.6 is 11.8 Å². The molecule has 0 saturated heterocycles. The van der Waals surface area contributed by atoms with E-state index in [1.54, 1.807) is 36.1 Å². The highest BCUT2D eigenvalue weighted by Gasteiger charge is 2.28. The molecular formula is C25H30F2N2O2S. The number of benzene rings is 2. The second-order valence-electron chi connectivity index (χ2n) is 8.29. The molecule has 1 fully saturated rings. The molecule has 1 saturated carbocycles. The van der Waals surface area contributed by atoms with Gasteiger partial charge in [0.1, 0.15) is 17.7 Å². The SMILES string of the molecule is CC(C(=O)NC1CCCCC1)N(Cc1ccc(F)cc1)C(=O)CSCc1ccc(F)cc1. The maximum absolute atomic E-state index is 13.3. The van der Waals surface area contributed by atoms with Crippen molar-refractivity contribution in [3.05, 3.63) is 71.3 Å². The Kier molecular flexibility index (Phi) is 9.09. The molecule has 1 atom stereocenters. The smallest absolute Gasteiger partial charge is 0.242 e. The van der Waals surface area contributed by atoms with Crippen LogP contribution in [-0.2, 0) is 21.9 Å². The molecule has 1 aliphatic carbocycles. The van der Waals surface area contributed by atoms with E-state index in [4.69, 9.17) is 0 Å². The van der Waals surface area contributed by atoms with Crippen molar-refractivity contribution in [2.75, 3.05) is 5.75 Å². The molecule has 2 aromatic rings. The Morgan fingerprint density at radius 2 is 1.53 bits per heavy atom. The van der Waals surface area contributed by atoms with Gasteiger partial charge < -0.3 is 10.2 Å².